The van der Waals surface area contributed by atoms with E-state index in [1.807, 2.05) is 19.1 Å². The maximum absolute atomic E-state index is 12.0. The molecular formula is C16H22N2O2. The largest absolute Gasteiger partial charge is 0.363 e. The number of nitrogens with one attached hydrogen (secondary N) is 2. The lowest BCUT2D eigenvalue weighted by atomic mass is 9.90. The van der Waals surface area contributed by atoms with Crippen molar-refractivity contribution in [2.45, 2.75) is 38.2 Å². The molecule has 0 unspecified atom stereocenters. The van der Waals surface area contributed by atoms with Crippen LogP contribution in [0.5, 0.6) is 0 Å². The Bertz CT molecular complexity index is 509. The number of benzene rings is 1. The first-order chi connectivity index (χ1) is 9.66. The average molecular weight is 274 g/mol. The van der Waals surface area contributed by atoms with Gasteiger partial charge in [-0.15, -0.1) is 0 Å². The van der Waals surface area contributed by atoms with Crippen molar-refractivity contribution < 1.29 is 9.53 Å². The second-order valence-corrected chi connectivity index (χ2v) is 6.04. The molecule has 2 aliphatic rings. The van der Waals surface area contributed by atoms with Gasteiger partial charge in [0.05, 0.1) is 5.60 Å². The summed E-state index contributed by atoms with van der Waals surface area (Å²) in [5.74, 6) is -0.0582. The molecule has 1 aliphatic heterocycles. The Morgan fingerprint density at radius 2 is 2.15 bits per heavy atom. The Kier molecular flexibility index (Phi) is 3.76. The summed E-state index contributed by atoms with van der Waals surface area (Å²) in [6.07, 6.45) is 4.65. The zero-order chi connectivity index (χ0) is 14.0. The number of amides is 1. The molecule has 1 amide bonds. The van der Waals surface area contributed by atoms with E-state index in [2.05, 4.69) is 16.7 Å². The number of anilines is 1. The highest BCUT2D eigenvalue weighted by molar-refractivity contribution is 5.92. The molecule has 0 radical (unpaired) electrons. The van der Waals surface area contributed by atoms with Crippen LogP contribution in [0.1, 0.15) is 30.9 Å². The molecule has 3 rings (SSSR count). The topological polar surface area (TPSA) is 50.4 Å². The number of fused-ring (bicyclic) bond motifs is 1. The van der Waals surface area contributed by atoms with Crippen LogP contribution in [-0.4, -0.2) is 31.2 Å². The minimum atomic E-state index is -0.173. The van der Waals surface area contributed by atoms with E-state index in [1.165, 1.54) is 24.0 Å². The van der Waals surface area contributed by atoms with Crippen LogP contribution in [-0.2, 0) is 22.4 Å². The predicted molar refractivity (Wildman–Crippen MR) is 78.9 cm³/mol. The van der Waals surface area contributed by atoms with Crippen molar-refractivity contribution in [1.29, 1.82) is 0 Å². The summed E-state index contributed by atoms with van der Waals surface area (Å²) in [5, 5.41) is 6.17. The van der Waals surface area contributed by atoms with Gasteiger partial charge in [0.15, 0.2) is 0 Å². The molecule has 2 N–H and O–H groups in total. The van der Waals surface area contributed by atoms with Crippen LogP contribution < -0.4 is 10.6 Å². The second-order valence-electron chi connectivity index (χ2n) is 6.04. The maximum atomic E-state index is 12.0. The van der Waals surface area contributed by atoms with Gasteiger partial charge in [0, 0.05) is 18.8 Å². The first-order valence-corrected chi connectivity index (χ1v) is 7.42. The second kappa shape index (κ2) is 5.54. The Hall–Kier alpha value is -1.39. The molecule has 0 bridgehead atoms. The standard InChI is InChI=1S/C16H22N2O2/c1-16(10-17-11-16)20-9-15(19)18-14-8-4-6-12-5-2-3-7-13(12)14/h4,6,8,17H,2-3,5,7,9-11H2,1H3,(H,18,19). The van der Waals surface area contributed by atoms with E-state index in [4.69, 9.17) is 4.74 Å². The van der Waals surface area contributed by atoms with E-state index >= 15 is 0 Å². The van der Waals surface area contributed by atoms with Crippen LogP contribution >= 0.6 is 0 Å². The number of aryl methyl sites for hydroxylation is 1. The van der Waals surface area contributed by atoms with Crippen molar-refractivity contribution in [1.82, 2.24) is 5.32 Å². The van der Waals surface area contributed by atoms with Crippen molar-refractivity contribution in [2.75, 3.05) is 25.0 Å². The monoisotopic (exact) mass is 274 g/mol. The Balaban J connectivity index is 1.61. The molecular weight excluding hydrogens is 252 g/mol. The molecule has 0 saturated carbocycles. The molecule has 4 heteroatoms. The van der Waals surface area contributed by atoms with Crippen molar-refractivity contribution in [3.05, 3.63) is 29.3 Å². The number of hydrogen-bond acceptors (Lipinski definition) is 3. The van der Waals surface area contributed by atoms with Crippen molar-refractivity contribution in [3.8, 4) is 0 Å². The first-order valence-electron chi connectivity index (χ1n) is 7.42. The van der Waals surface area contributed by atoms with Gasteiger partial charge in [-0.2, -0.15) is 0 Å². The number of rotatable bonds is 4. The summed E-state index contributed by atoms with van der Waals surface area (Å²) < 4.78 is 5.67. The molecule has 0 aromatic heterocycles. The molecule has 108 valence electrons. The molecule has 0 atom stereocenters. The van der Waals surface area contributed by atoms with Gasteiger partial charge in [0.2, 0.25) is 5.91 Å². The third-order valence-electron chi connectivity index (χ3n) is 4.22. The Labute approximate surface area is 119 Å². The summed E-state index contributed by atoms with van der Waals surface area (Å²) >= 11 is 0. The number of carbonyl (C=O) groups excluding carboxylic acids is 1. The maximum Gasteiger partial charge on any atom is 0.250 e. The first kappa shape index (κ1) is 13.6. The number of carbonyl (C=O) groups is 1. The molecule has 1 aliphatic carbocycles. The SMILES string of the molecule is CC1(OCC(=O)Nc2cccc3c2CCCC3)CNC1. The molecule has 1 heterocycles. The van der Waals surface area contributed by atoms with Crippen LogP contribution in [0.3, 0.4) is 0 Å². The zero-order valence-corrected chi connectivity index (χ0v) is 12.0. The van der Waals surface area contributed by atoms with Gasteiger partial charge in [-0.1, -0.05) is 12.1 Å². The lowest BCUT2D eigenvalue weighted by Crippen LogP contribution is -2.59. The molecule has 20 heavy (non-hydrogen) atoms. The van der Waals surface area contributed by atoms with Gasteiger partial charge in [-0.05, 0) is 49.8 Å². The minimum Gasteiger partial charge on any atom is -0.363 e. The predicted octanol–water partition coefficient (Wildman–Crippen LogP) is 1.88. The highest BCUT2D eigenvalue weighted by Crippen LogP contribution is 2.27. The quantitative estimate of drug-likeness (QED) is 0.881. The van der Waals surface area contributed by atoms with E-state index in [0.29, 0.717) is 0 Å². The van der Waals surface area contributed by atoms with Crippen LogP contribution in [0.15, 0.2) is 18.2 Å². The molecule has 1 fully saturated rings. The van der Waals surface area contributed by atoms with Crippen molar-refractivity contribution >= 4 is 11.6 Å². The fourth-order valence-corrected chi connectivity index (χ4v) is 2.90. The summed E-state index contributed by atoms with van der Waals surface area (Å²) in [6.45, 7) is 3.80. The van der Waals surface area contributed by atoms with Crippen LogP contribution in [0, 0.1) is 0 Å². The molecule has 1 aromatic rings. The molecule has 0 spiro atoms. The van der Waals surface area contributed by atoms with Crippen molar-refractivity contribution in [3.63, 3.8) is 0 Å². The zero-order valence-electron chi connectivity index (χ0n) is 12.0. The van der Waals surface area contributed by atoms with Gasteiger partial charge in [0.1, 0.15) is 6.61 Å². The summed E-state index contributed by atoms with van der Waals surface area (Å²) in [7, 11) is 0. The van der Waals surface area contributed by atoms with Crippen LogP contribution in [0.25, 0.3) is 0 Å². The van der Waals surface area contributed by atoms with E-state index in [9.17, 15) is 4.79 Å². The van der Waals surface area contributed by atoms with Gasteiger partial charge in [-0.3, -0.25) is 4.79 Å². The fourth-order valence-electron chi connectivity index (χ4n) is 2.90. The van der Waals surface area contributed by atoms with Crippen LogP contribution in [0.2, 0.25) is 0 Å². The highest BCUT2D eigenvalue weighted by Gasteiger charge is 2.33. The Morgan fingerprint density at radius 1 is 1.35 bits per heavy atom. The molecule has 1 saturated heterocycles. The van der Waals surface area contributed by atoms with E-state index in [-0.39, 0.29) is 18.1 Å². The van der Waals surface area contributed by atoms with E-state index in [1.54, 1.807) is 0 Å². The van der Waals surface area contributed by atoms with Gasteiger partial charge in [-0.25, -0.2) is 0 Å². The van der Waals surface area contributed by atoms with E-state index in [0.717, 1.165) is 31.6 Å². The molecule has 4 nitrogen and oxygen atoms in total. The molecule has 1 aromatic carbocycles. The minimum absolute atomic E-state index is 0.0582. The van der Waals surface area contributed by atoms with E-state index < -0.39 is 0 Å². The summed E-state index contributed by atoms with van der Waals surface area (Å²) in [5.41, 5.74) is 3.48. The smallest absolute Gasteiger partial charge is 0.250 e. The number of ether oxygens (including phenoxy) is 1. The Morgan fingerprint density at radius 3 is 2.90 bits per heavy atom. The highest BCUT2D eigenvalue weighted by atomic mass is 16.5. The summed E-state index contributed by atoms with van der Waals surface area (Å²) in [4.78, 5) is 12.0. The third-order valence-corrected chi connectivity index (χ3v) is 4.22. The lowest BCUT2D eigenvalue weighted by molar-refractivity contribution is -0.130. The lowest BCUT2D eigenvalue weighted by Gasteiger charge is -2.38. The van der Waals surface area contributed by atoms with Gasteiger partial charge >= 0.3 is 0 Å². The van der Waals surface area contributed by atoms with Crippen molar-refractivity contribution in [2.24, 2.45) is 0 Å². The third kappa shape index (κ3) is 2.86. The summed E-state index contributed by atoms with van der Waals surface area (Å²) in [6, 6.07) is 6.19. The fraction of sp³-hybridized carbons (Fsp3) is 0.562. The van der Waals surface area contributed by atoms with Gasteiger partial charge in [0.25, 0.3) is 0 Å². The van der Waals surface area contributed by atoms with Gasteiger partial charge < -0.3 is 15.4 Å². The normalized spacial score (nSPS) is 19.9. The number of hydrogen-bond donors (Lipinski definition) is 2. The average Bonchev–Trinajstić information content (AvgIpc) is 2.43. The van der Waals surface area contributed by atoms with Crippen LogP contribution in [0.4, 0.5) is 5.69 Å².